The van der Waals surface area contributed by atoms with Crippen molar-refractivity contribution in [2.24, 2.45) is 5.41 Å². The molecule has 2 N–H and O–H groups in total. The van der Waals surface area contributed by atoms with Gasteiger partial charge >= 0.3 is 0 Å². The summed E-state index contributed by atoms with van der Waals surface area (Å²) < 4.78 is 18.8. The van der Waals surface area contributed by atoms with Gasteiger partial charge in [0.2, 0.25) is 0 Å². The molecule has 1 aromatic carbocycles. The number of hydrogen-bond donors (Lipinski definition) is 2. The minimum absolute atomic E-state index is 0.0669. The number of rotatable bonds is 7. The highest BCUT2D eigenvalue weighted by atomic mass is 32.1. The maximum Gasteiger partial charge on any atom is 0.123 e. The largest absolute Gasteiger partial charge is 0.396 e. The van der Waals surface area contributed by atoms with Gasteiger partial charge in [0.15, 0.2) is 0 Å². The predicted molar refractivity (Wildman–Crippen MR) is 91.0 cm³/mol. The summed E-state index contributed by atoms with van der Waals surface area (Å²) >= 11 is 1.68. The molecule has 0 amide bonds. The Morgan fingerprint density at radius 2 is 2.22 bits per heavy atom. The normalized spacial score (nSPS) is 21.0. The molecule has 124 valence electrons. The van der Waals surface area contributed by atoms with Crippen LogP contribution in [0, 0.1) is 11.2 Å². The molecular weight excluding hydrogens is 313 g/mol. The maximum absolute atomic E-state index is 13.3. The first-order chi connectivity index (χ1) is 11.2. The molecule has 0 spiro atoms. The van der Waals surface area contributed by atoms with Crippen molar-refractivity contribution in [3.8, 4) is 10.4 Å². The molecule has 1 aromatic heterocycles. The number of benzene rings is 1. The van der Waals surface area contributed by atoms with Crippen molar-refractivity contribution < 1.29 is 14.2 Å². The Hall–Kier alpha value is -1.27. The molecule has 1 saturated heterocycles. The van der Waals surface area contributed by atoms with Crippen LogP contribution < -0.4 is 5.32 Å². The van der Waals surface area contributed by atoms with Gasteiger partial charge in [0.1, 0.15) is 5.82 Å². The van der Waals surface area contributed by atoms with Gasteiger partial charge in [0.25, 0.3) is 0 Å². The van der Waals surface area contributed by atoms with E-state index in [2.05, 4.69) is 11.4 Å². The number of nitrogens with one attached hydrogen (secondary N) is 1. The first kappa shape index (κ1) is 16.6. The van der Waals surface area contributed by atoms with Gasteiger partial charge in [-0.2, -0.15) is 0 Å². The topological polar surface area (TPSA) is 41.5 Å². The van der Waals surface area contributed by atoms with E-state index in [0.717, 1.165) is 49.6 Å². The lowest BCUT2D eigenvalue weighted by Crippen LogP contribution is -2.35. The first-order valence-electron chi connectivity index (χ1n) is 7.95. The van der Waals surface area contributed by atoms with Crippen LogP contribution in [0.4, 0.5) is 4.39 Å². The fraction of sp³-hybridized carbons (Fsp3) is 0.444. The van der Waals surface area contributed by atoms with Crippen molar-refractivity contribution in [1.29, 1.82) is 0 Å². The van der Waals surface area contributed by atoms with Crippen LogP contribution in [0.15, 0.2) is 36.4 Å². The van der Waals surface area contributed by atoms with Crippen molar-refractivity contribution in [2.45, 2.75) is 19.4 Å². The lowest BCUT2D eigenvalue weighted by molar-refractivity contribution is 0.124. The number of ether oxygens (including phenoxy) is 1. The molecule has 1 fully saturated rings. The molecule has 0 saturated carbocycles. The Balaban J connectivity index is 1.57. The Morgan fingerprint density at radius 3 is 2.96 bits per heavy atom. The van der Waals surface area contributed by atoms with E-state index in [0.29, 0.717) is 0 Å². The lowest BCUT2D eigenvalue weighted by Gasteiger charge is -2.26. The van der Waals surface area contributed by atoms with Gasteiger partial charge in [-0.15, -0.1) is 11.3 Å². The molecule has 3 rings (SSSR count). The molecule has 5 heteroatoms. The standard InChI is InChI=1S/C18H22FNO2S/c19-15-3-1-2-14(10-15)17-5-4-16(23-17)11-20-12-18(6-8-21)7-9-22-13-18/h1-5,10,20-21H,6-9,11-13H2. The molecule has 23 heavy (non-hydrogen) atoms. The summed E-state index contributed by atoms with van der Waals surface area (Å²) in [4.78, 5) is 2.30. The second-order valence-corrected chi connectivity index (χ2v) is 7.32. The average molecular weight is 335 g/mol. The molecule has 0 radical (unpaired) electrons. The van der Waals surface area contributed by atoms with Gasteiger partial charge in [-0.05, 0) is 42.7 Å². The van der Waals surface area contributed by atoms with Crippen LogP contribution in [-0.2, 0) is 11.3 Å². The number of thiophene rings is 1. The third-order valence-corrected chi connectivity index (χ3v) is 5.53. The van der Waals surface area contributed by atoms with E-state index >= 15 is 0 Å². The van der Waals surface area contributed by atoms with E-state index in [4.69, 9.17) is 4.74 Å². The molecular formula is C18H22FNO2S. The summed E-state index contributed by atoms with van der Waals surface area (Å²) in [5.74, 6) is -0.206. The molecule has 1 unspecified atom stereocenters. The number of aliphatic hydroxyl groups excluding tert-OH is 1. The quantitative estimate of drug-likeness (QED) is 0.814. The molecule has 1 aliphatic heterocycles. The molecule has 2 heterocycles. The highest BCUT2D eigenvalue weighted by molar-refractivity contribution is 7.15. The van der Waals surface area contributed by atoms with Crippen molar-refractivity contribution in [1.82, 2.24) is 5.32 Å². The summed E-state index contributed by atoms with van der Waals surface area (Å²) in [6.07, 6.45) is 1.78. The Kier molecular flexibility index (Phi) is 5.43. The lowest BCUT2D eigenvalue weighted by atomic mass is 9.84. The van der Waals surface area contributed by atoms with Gasteiger partial charge in [-0.3, -0.25) is 0 Å². The van der Waals surface area contributed by atoms with Crippen LogP contribution in [0.2, 0.25) is 0 Å². The van der Waals surface area contributed by atoms with Crippen molar-refractivity contribution >= 4 is 11.3 Å². The maximum atomic E-state index is 13.3. The van der Waals surface area contributed by atoms with Crippen LogP contribution in [0.3, 0.4) is 0 Å². The molecule has 1 atom stereocenters. The van der Waals surface area contributed by atoms with E-state index in [1.54, 1.807) is 23.5 Å². The van der Waals surface area contributed by atoms with E-state index in [1.807, 2.05) is 12.1 Å². The SMILES string of the molecule is OCCC1(CNCc2ccc(-c3cccc(F)c3)s2)CCOC1. The smallest absolute Gasteiger partial charge is 0.123 e. The molecule has 0 bridgehead atoms. The molecule has 2 aromatic rings. The molecule has 0 aliphatic carbocycles. The van der Waals surface area contributed by atoms with Crippen LogP contribution in [-0.4, -0.2) is 31.5 Å². The highest BCUT2D eigenvalue weighted by Gasteiger charge is 2.33. The fourth-order valence-electron chi connectivity index (χ4n) is 3.03. The molecule has 1 aliphatic rings. The first-order valence-corrected chi connectivity index (χ1v) is 8.76. The minimum Gasteiger partial charge on any atom is -0.396 e. The Bertz CT molecular complexity index is 637. The summed E-state index contributed by atoms with van der Waals surface area (Å²) in [7, 11) is 0. The average Bonchev–Trinajstić information content (AvgIpc) is 3.18. The van der Waals surface area contributed by atoms with Gasteiger partial charge < -0.3 is 15.2 Å². The van der Waals surface area contributed by atoms with Crippen molar-refractivity contribution in [3.63, 3.8) is 0 Å². The van der Waals surface area contributed by atoms with Crippen molar-refractivity contribution in [2.75, 3.05) is 26.4 Å². The zero-order valence-corrected chi connectivity index (χ0v) is 13.9. The van der Waals surface area contributed by atoms with Crippen LogP contribution in [0.25, 0.3) is 10.4 Å². The number of hydrogen-bond acceptors (Lipinski definition) is 4. The zero-order chi connectivity index (χ0) is 16.1. The van der Waals surface area contributed by atoms with E-state index in [-0.39, 0.29) is 17.8 Å². The summed E-state index contributed by atoms with van der Waals surface area (Å²) in [6.45, 7) is 3.34. The zero-order valence-electron chi connectivity index (χ0n) is 13.1. The minimum atomic E-state index is -0.206. The van der Waals surface area contributed by atoms with E-state index in [9.17, 15) is 9.50 Å². The second-order valence-electron chi connectivity index (χ2n) is 6.16. The highest BCUT2D eigenvalue weighted by Crippen LogP contribution is 2.32. The van der Waals surface area contributed by atoms with Gasteiger partial charge in [0, 0.05) is 41.5 Å². The number of halogens is 1. The summed E-state index contributed by atoms with van der Waals surface area (Å²) in [5.41, 5.74) is 0.986. The van der Waals surface area contributed by atoms with Gasteiger partial charge in [-0.25, -0.2) is 4.39 Å². The predicted octanol–water partition coefficient (Wildman–Crippen LogP) is 3.43. The van der Waals surface area contributed by atoms with E-state index in [1.165, 1.54) is 10.9 Å². The summed E-state index contributed by atoms with van der Waals surface area (Å²) in [6, 6.07) is 10.8. The fourth-order valence-corrected chi connectivity index (χ4v) is 4.01. The van der Waals surface area contributed by atoms with Crippen LogP contribution >= 0.6 is 11.3 Å². The van der Waals surface area contributed by atoms with Crippen LogP contribution in [0.5, 0.6) is 0 Å². The second kappa shape index (κ2) is 7.53. The third kappa shape index (κ3) is 4.18. The molecule has 3 nitrogen and oxygen atoms in total. The third-order valence-electron chi connectivity index (χ3n) is 4.40. The Morgan fingerprint density at radius 1 is 1.30 bits per heavy atom. The number of aliphatic hydroxyl groups is 1. The monoisotopic (exact) mass is 335 g/mol. The van der Waals surface area contributed by atoms with Gasteiger partial charge in [0.05, 0.1) is 6.61 Å². The summed E-state index contributed by atoms with van der Waals surface area (Å²) in [5, 5.41) is 12.7. The Labute approximate surface area is 140 Å². The van der Waals surface area contributed by atoms with Crippen LogP contribution in [0.1, 0.15) is 17.7 Å². The van der Waals surface area contributed by atoms with E-state index < -0.39 is 0 Å². The van der Waals surface area contributed by atoms with Gasteiger partial charge in [-0.1, -0.05) is 12.1 Å². The van der Waals surface area contributed by atoms with Crippen molar-refractivity contribution in [3.05, 3.63) is 47.1 Å².